The smallest absolute Gasteiger partial charge is 0.149 e. The molecule has 0 aliphatic heterocycles. The van der Waals surface area contributed by atoms with Gasteiger partial charge in [-0.05, 0) is 12.3 Å². The van der Waals surface area contributed by atoms with Gasteiger partial charge >= 0.3 is 0 Å². The van der Waals surface area contributed by atoms with E-state index in [0.717, 1.165) is 18.8 Å². The molecule has 2 N–H and O–H groups in total. The van der Waals surface area contributed by atoms with Gasteiger partial charge in [0.15, 0.2) is 0 Å². The van der Waals surface area contributed by atoms with Gasteiger partial charge in [0, 0.05) is 6.54 Å². The fraction of sp³-hybridized carbons (Fsp3) is 0.778. The molecule has 1 aromatic rings. The number of hydrogen-bond donors (Lipinski definition) is 1. The first kappa shape index (κ1) is 10.2. The highest BCUT2D eigenvalue weighted by Gasteiger charge is 2.11. The standard InChI is InChI=1S/C9H18N4/c1-4-8(10)9-12-11-6-13(9)5-7(2)3/h6-8H,4-5,10H2,1-3H3/t8-/m0/s1. The molecule has 0 fully saturated rings. The maximum Gasteiger partial charge on any atom is 0.149 e. The molecule has 0 aromatic carbocycles. The first-order valence-electron chi connectivity index (χ1n) is 4.78. The van der Waals surface area contributed by atoms with Gasteiger partial charge < -0.3 is 10.3 Å². The van der Waals surface area contributed by atoms with E-state index in [2.05, 4.69) is 31.0 Å². The third-order valence-electron chi connectivity index (χ3n) is 1.98. The van der Waals surface area contributed by atoms with Crippen molar-refractivity contribution in [2.24, 2.45) is 11.7 Å². The Kier molecular flexibility index (Phi) is 3.42. The van der Waals surface area contributed by atoms with Crippen LogP contribution in [0, 0.1) is 5.92 Å². The van der Waals surface area contributed by atoms with Crippen LogP contribution in [-0.4, -0.2) is 14.8 Å². The molecule has 0 bridgehead atoms. The van der Waals surface area contributed by atoms with Gasteiger partial charge in [-0.25, -0.2) is 0 Å². The minimum absolute atomic E-state index is 0.0150. The van der Waals surface area contributed by atoms with E-state index in [0.29, 0.717) is 5.92 Å². The van der Waals surface area contributed by atoms with E-state index in [1.165, 1.54) is 0 Å². The summed E-state index contributed by atoms with van der Waals surface area (Å²) in [5, 5.41) is 7.91. The molecule has 74 valence electrons. The van der Waals surface area contributed by atoms with E-state index in [9.17, 15) is 0 Å². The van der Waals surface area contributed by atoms with Gasteiger partial charge in [0.25, 0.3) is 0 Å². The first-order chi connectivity index (χ1) is 6.15. The van der Waals surface area contributed by atoms with Crippen LogP contribution < -0.4 is 5.73 Å². The number of rotatable bonds is 4. The molecule has 0 aliphatic carbocycles. The molecular weight excluding hydrogens is 164 g/mol. The molecule has 0 saturated carbocycles. The highest BCUT2D eigenvalue weighted by molar-refractivity contribution is 4.93. The fourth-order valence-electron chi connectivity index (χ4n) is 1.27. The molecule has 1 aromatic heterocycles. The molecule has 0 radical (unpaired) electrons. The van der Waals surface area contributed by atoms with Crippen molar-refractivity contribution in [1.29, 1.82) is 0 Å². The summed E-state index contributed by atoms with van der Waals surface area (Å²) in [5.41, 5.74) is 5.89. The quantitative estimate of drug-likeness (QED) is 0.764. The van der Waals surface area contributed by atoms with Crippen LogP contribution in [0.4, 0.5) is 0 Å². The molecule has 1 atom stereocenters. The summed E-state index contributed by atoms with van der Waals surface area (Å²) < 4.78 is 2.04. The largest absolute Gasteiger partial charge is 0.321 e. The minimum atomic E-state index is 0.0150. The zero-order valence-corrected chi connectivity index (χ0v) is 8.57. The topological polar surface area (TPSA) is 56.7 Å². The Morgan fingerprint density at radius 2 is 2.23 bits per heavy atom. The van der Waals surface area contributed by atoms with Crippen LogP contribution in [0.3, 0.4) is 0 Å². The van der Waals surface area contributed by atoms with Gasteiger partial charge in [0.1, 0.15) is 12.2 Å². The molecule has 4 nitrogen and oxygen atoms in total. The van der Waals surface area contributed by atoms with E-state index < -0.39 is 0 Å². The monoisotopic (exact) mass is 182 g/mol. The van der Waals surface area contributed by atoms with Crippen LogP contribution in [0.1, 0.15) is 39.1 Å². The van der Waals surface area contributed by atoms with E-state index in [4.69, 9.17) is 5.73 Å². The average Bonchev–Trinajstić information content (AvgIpc) is 2.50. The van der Waals surface area contributed by atoms with Crippen LogP contribution in [0.15, 0.2) is 6.33 Å². The van der Waals surface area contributed by atoms with Gasteiger partial charge in [-0.2, -0.15) is 0 Å². The summed E-state index contributed by atoms with van der Waals surface area (Å²) in [6.45, 7) is 7.33. The molecule has 0 saturated heterocycles. The molecule has 13 heavy (non-hydrogen) atoms. The number of hydrogen-bond acceptors (Lipinski definition) is 3. The molecule has 0 amide bonds. The summed E-state index contributed by atoms with van der Waals surface area (Å²) >= 11 is 0. The van der Waals surface area contributed by atoms with Gasteiger partial charge in [0.05, 0.1) is 6.04 Å². The van der Waals surface area contributed by atoms with Crippen molar-refractivity contribution in [3.8, 4) is 0 Å². The van der Waals surface area contributed by atoms with E-state index in [-0.39, 0.29) is 6.04 Å². The van der Waals surface area contributed by atoms with E-state index >= 15 is 0 Å². The van der Waals surface area contributed by atoms with Crippen LogP contribution in [0.25, 0.3) is 0 Å². The Bertz CT molecular complexity index is 254. The van der Waals surface area contributed by atoms with E-state index in [1.807, 2.05) is 4.57 Å². The highest BCUT2D eigenvalue weighted by Crippen LogP contribution is 2.11. The number of nitrogens with zero attached hydrogens (tertiary/aromatic N) is 3. The Labute approximate surface area is 79.2 Å². The predicted molar refractivity (Wildman–Crippen MR) is 52.1 cm³/mol. The lowest BCUT2D eigenvalue weighted by atomic mass is 10.2. The van der Waals surface area contributed by atoms with E-state index in [1.54, 1.807) is 6.33 Å². The molecule has 0 spiro atoms. The lowest BCUT2D eigenvalue weighted by Gasteiger charge is -2.12. The second kappa shape index (κ2) is 4.37. The summed E-state index contributed by atoms with van der Waals surface area (Å²) in [5.74, 6) is 1.50. The SMILES string of the molecule is CC[C@H](N)c1nncn1CC(C)C. The van der Waals surface area contributed by atoms with Crippen molar-refractivity contribution in [2.45, 2.75) is 39.8 Å². The maximum atomic E-state index is 5.89. The molecule has 4 heteroatoms. The second-order valence-electron chi connectivity index (χ2n) is 3.75. The molecule has 0 unspecified atom stereocenters. The van der Waals surface area contributed by atoms with Gasteiger partial charge in [0.2, 0.25) is 0 Å². The molecular formula is C9H18N4. The van der Waals surface area contributed by atoms with Crippen molar-refractivity contribution in [3.05, 3.63) is 12.2 Å². The van der Waals surface area contributed by atoms with Crippen LogP contribution in [0.2, 0.25) is 0 Å². The van der Waals surface area contributed by atoms with Crippen molar-refractivity contribution in [2.75, 3.05) is 0 Å². The normalized spacial score (nSPS) is 13.6. The lowest BCUT2D eigenvalue weighted by Crippen LogP contribution is -2.17. The molecule has 1 heterocycles. The Hall–Kier alpha value is -0.900. The van der Waals surface area contributed by atoms with Crippen molar-refractivity contribution in [1.82, 2.24) is 14.8 Å². The number of aromatic nitrogens is 3. The first-order valence-corrected chi connectivity index (χ1v) is 4.78. The molecule has 0 aliphatic rings. The van der Waals surface area contributed by atoms with Crippen LogP contribution in [-0.2, 0) is 6.54 Å². The second-order valence-corrected chi connectivity index (χ2v) is 3.75. The predicted octanol–water partition coefficient (Wildman–Crippen LogP) is 1.34. The van der Waals surface area contributed by atoms with Gasteiger partial charge in [-0.1, -0.05) is 20.8 Å². The van der Waals surface area contributed by atoms with Gasteiger partial charge in [-0.3, -0.25) is 0 Å². The summed E-state index contributed by atoms with van der Waals surface area (Å²) in [6, 6.07) is 0.0150. The lowest BCUT2D eigenvalue weighted by molar-refractivity contribution is 0.485. The molecule has 1 rings (SSSR count). The Morgan fingerprint density at radius 3 is 2.77 bits per heavy atom. The van der Waals surface area contributed by atoms with Gasteiger partial charge in [-0.15, -0.1) is 10.2 Å². The van der Waals surface area contributed by atoms with Crippen molar-refractivity contribution in [3.63, 3.8) is 0 Å². The van der Waals surface area contributed by atoms with Crippen molar-refractivity contribution < 1.29 is 0 Å². The zero-order chi connectivity index (χ0) is 9.84. The Morgan fingerprint density at radius 1 is 1.54 bits per heavy atom. The zero-order valence-electron chi connectivity index (χ0n) is 8.57. The van der Waals surface area contributed by atoms with Crippen LogP contribution >= 0.6 is 0 Å². The number of nitrogens with two attached hydrogens (primary N) is 1. The third kappa shape index (κ3) is 2.52. The van der Waals surface area contributed by atoms with Crippen LogP contribution in [0.5, 0.6) is 0 Å². The summed E-state index contributed by atoms with van der Waals surface area (Å²) in [6.07, 6.45) is 2.65. The fourth-order valence-corrected chi connectivity index (χ4v) is 1.27. The summed E-state index contributed by atoms with van der Waals surface area (Å²) in [7, 11) is 0. The minimum Gasteiger partial charge on any atom is -0.321 e. The summed E-state index contributed by atoms with van der Waals surface area (Å²) in [4.78, 5) is 0. The Balaban J connectivity index is 2.76. The van der Waals surface area contributed by atoms with Crippen molar-refractivity contribution >= 4 is 0 Å². The maximum absolute atomic E-state index is 5.89. The average molecular weight is 182 g/mol. The third-order valence-corrected chi connectivity index (χ3v) is 1.98. The highest BCUT2D eigenvalue weighted by atomic mass is 15.3.